The lowest BCUT2D eigenvalue weighted by atomic mass is 9.92. The van der Waals surface area contributed by atoms with Crippen LogP contribution in [0.15, 0.2) is 72.3 Å². The maximum atomic E-state index is 13.6. The molecule has 37 heavy (non-hydrogen) atoms. The molecule has 1 aliphatic heterocycles. The molecule has 1 amide bonds. The van der Waals surface area contributed by atoms with Gasteiger partial charge in [0.2, 0.25) is 0 Å². The van der Waals surface area contributed by atoms with Gasteiger partial charge in [0.15, 0.2) is 0 Å². The zero-order valence-corrected chi connectivity index (χ0v) is 21.5. The molecule has 0 spiro atoms. The molecule has 1 atom stereocenters. The van der Waals surface area contributed by atoms with Gasteiger partial charge in [-0.1, -0.05) is 37.3 Å². The minimum atomic E-state index is -0.796. The fourth-order valence-corrected chi connectivity index (χ4v) is 5.18. The number of anilines is 1. The molecule has 0 bridgehead atoms. The van der Waals surface area contributed by atoms with Gasteiger partial charge in [-0.2, -0.15) is 0 Å². The highest BCUT2D eigenvalue weighted by atomic mass is 16.5. The number of ether oxygens (including phenoxy) is 1. The SMILES string of the molecule is CCOc1ccc(/C(O)=C2\C(=O)C(=O)N(c3ccc(CC)cc3)C2c2c(C)[nH]c3ccccc23)cc1C. The predicted molar refractivity (Wildman–Crippen MR) is 146 cm³/mol. The minimum Gasteiger partial charge on any atom is -0.507 e. The van der Waals surface area contributed by atoms with Gasteiger partial charge in [0, 0.05) is 33.4 Å². The highest BCUT2D eigenvalue weighted by Crippen LogP contribution is 2.45. The molecular weight excluding hydrogens is 464 g/mol. The van der Waals surface area contributed by atoms with Gasteiger partial charge in [-0.25, -0.2) is 0 Å². The van der Waals surface area contributed by atoms with Gasteiger partial charge >= 0.3 is 0 Å². The second-order valence-corrected chi connectivity index (χ2v) is 9.31. The average Bonchev–Trinajstić information content (AvgIpc) is 3.37. The fraction of sp³-hybridized carbons (Fsp3) is 0.226. The van der Waals surface area contributed by atoms with Crippen molar-refractivity contribution in [3.8, 4) is 5.75 Å². The largest absolute Gasteiger partial charge is 0.507 e. The molecule has 188 valence electrons. The molecular formula is C31H30N2O4. The van der Waals surface area contributed by atoms with E-state index in [1.165, 1.54) is 4.90 Å². The van der Waals surface area contributed by atoms with Crippen LogP contribution >= 0.6 is 0 Å². The minimum absolute atomic E-state index is 0.0704. The van der Waals surface area contributed by atoms with Gasteiger partial charge < -0.3 is 14.8 Å². The lowest BCUT2D eigenvalue weighted by molar-refractivity contribution is -0.132. The van der Waals surface area contributed by atoms with Crippen molar-refractivity contribution in [1.82, 2.24) is 4.98 Å². The first-order valence-electron chi connectivity index (χ1n) is 12.6. The van der Waals surface area contributed by atoms with E-state index in [1.54, 1.807) is 18.2 Å². The van der Waals surface area contributed by atoms with E-state index < -0.39 is 17.7 Å². The summed E-state index contributed by atoms with van der Waals surface area (Å²) in [5, 5.41) is 12.5. The molecule has 1 aliphatic rings. The van der Waals surface area contributed by atoms with Crippen LogP contribution in [0.2, 0.25) is 0 Å². The number of aliphatic hydroxyl groups excluding tert-OH is 1. The number of hydrogen-bond acceptors (Lipinski definition) is 4. The summed E-state index contributed by atoms with van der Waals surface area (Å²) in [6, 6.07) is 19.9. The van der Waals surface area contributed by atoms with Crippen molar-refractivity contribution in [2.75, 3.05) is 11.5 Å². The summed E-state index contributed by atoms with van der Waals surface area (Å²) >= 11 is 0. The Morgan fingerprint density at radius 3 is 2.41 bits per heavy atom. The molecule has 0 aliphatic carbocycles. The van der Waals surface area contributed by atoms with Crippen molar-refractivity contribution in [2.24, 2.45) is 0 Å². The Balaban J connectivity index is 1.76. The molecule has 1 saturated heterocycles. The molecule has 2 heterocycles. The Kier molecular flexibility index (Phi) is 6.34. The number of amides is 1. The Bertz CT molecular complexity index is 1550. The Hall–Kier alpha value is -4.32. The molecule has 4 aromatic rings. The van der Waals surface area contributed by atoms with Crippen molar-refractivity contribution >= 4 is 34.0 Å². The van der Waals surface area contributed by atoms with E-state index in [0.717, 1.165) is 39.7 Å². The van der Waals surface area contributed by atoms with E-state index in [2.05, 4.69) is 11.9 Å². The summed E-state index contributed by atoms with van der Waals surface area (Å²) in [5.41, 5.74) is 5.62. The number of aromatic nitrogens is 1. The number of benzene rings is 3. The Morgan fingerprint density at radius 2 is 1.73 bits per heavy atom. The molecule has 6 nitrogen and oxygen atoms in total. The molecule has 3 aromatic carbocycles. The number of H-pyrrole nitrogens is 1. The number of rotatable bonds is 6. The predicted octanol–water partition coefficient (Wildman–Crippen LogP) is 6.37. The lowest BCUT2D eigenvalue weighted by Crippen LogP contribution is -2.29. The molecule has 1 aromatic heterocycles. The first kappa shape index (κ1) is 24.4. The molecule has 0 saturated carbocycles. The topological polar surface area (TPSA) is 82.6 Å². The molecule has 1 fully saturated rings. The van der Waals surface area contributed by atoms with Crippen molar-refractivity contribution in [1.29, 1.82) is 0 Å². The van der Waals surface area contributed by atoms with Crippen LogP contribution in [0.1, 0.15) is 47.8 Å². The third-order valence-electron chi connectivity index (χ3n) is 7.03. The number of nitrogens with one attached hydrogen (secondary N) is 1. The van der Waals surface area contributed by atoms with E-state index >= 15 is 0 Å². The summed E-state index contributed by atoms with van der Waals surface area (Å²) in [6.45, 7) is 8.31. The molecule has 1 unspecified atom stereocenters. The molecule has 0 radical (unpaired) electrons. The van der Waals surface area contributed by atoms with Crippen LogP contribution in [0.25, 0.3) is 16.7 Å². The van der Waals surface area contributed by atoms with Crippen molar-refractivity contribution in [2.45, 2.75) is 40.2 Å². The van der Waals surface area contributed by atoms with E-state index in [-0.39, 0.29) is 11.3 Å². The van der Waals surface area contributed by atoms with Crippen LogP contribution in [-0.4, -0.2) is 28.4 Å². The van der Waals surface area contributed by atoms with Crippen molar-refractivity contribution in [3.63, 3.8) is 0 Å². The Labute approximate surface area is 216 Å². The quantitative estimate of drug-likeness (QED) is 0.185. The van der Waals surface area contributed by atoms with Crippen LogP contribution in [0.4, 0.5) is 5.69 Å². The summed E-state index contributed by atoms with van der Waals surface area (Å²) in [7, 11) is 0. The van der Waals surface area contributed by atoms with Crippen molar-refractivity contribution in [3.05, 3.63) is 100 Å². The number of aryl methyl sites for hydroxylation is 3. The number of nitrogens with zero attached hydrogens (tertiary/aromatic N) is 1. The number of aliphatic hydroxyl groups is 1. The number of hydrogen-bond donors (Lipinski definition) is 2. The average molecular weight is 495 g/mol. The third-order valence-corrected chi connectivity index (χ3v) is 7.03. The van der Waals surface area contributed by atoms with Gasteiger partial charge in [-0.15, -0.1) is 0 Å². The van der Waals surface area contributed by atoms with Gasteiger partial charge in [-0.05, 0) is 74.7 Å². The summed E-state index contributed by atoms with van der Waals surface area (Å²) in [6.07, 6.45) is 0.862. The van der Waals surface area contributed by atoms with E-state index in [1.807, 2.05) is 69.3 Å². The van der Waals surface area contributed by atoms with Crippen LogP contribution in [-0.2, 0) is 16.0 Å². The van der Waals surface area contributed by atoms with Crippen LogP contribution in [0, 0.1) is 13.8 Å². The summed E-state index contributed by atoms with van der Waals surface area (Å²) in [5.74, 6) is -0.868. The second-order valence-electron chi connectivity index (χ2n) is 9.31. The first-order chi connectivity index (χ1) is 17.8. The standard InChI is InChI=1S/C31H30N2O4/c1-5-20-11-14-22(15-12-20)33-28(26-19(4)32-24-10-8-7-9-23(24)26)27(30(35)31(33)36)29(34)21-13-16-25(37-6-2)18(3)17-21/h7-17,28,32,34H,5-6H2,1-4H3/b29-27+. The highest BCUT2D eigenvalue weighted by molar-refractivity contribution is 6.52. The monoisotopic (exact) mass is 494 g/mol. The lowest BCUT2D eigenvalue weighted by Gasteiger charge is -2.26. The van der Waals surface area contributed by atoms with Gasteiger partial charge in [0.1, 0.15) is 11.5 Å². The number of ketones is 1. The number of carbonyl (C=O) groups excluding carboxylic acids is 2. The zero-order chi connectivity index (χ0) is 26.3. The summed E-state index contributed by atoms with van der Waals surface area (Å²) < 4.78 is 5.64. The zero-order valence-electron chi connectivity index (χ0n) is 21.5. The van der Waals surface area contributed by atoms with Crippen molar-refractivity contribution < 1.29 is 19.4 Å². The number of carbonyl (C=O) groups is 2. The molecule has 2 N–H and O–H groups in total. The molecule has 6 heteroatoms. The Morgan fingerprint density at radius 1 is 1.00 bits per heavy atom. The first-order valence-corrected chi connectivity index (χ1v) is 12.6. The fourth-order valence-electron chi connectivity index (χ4n) is 5.18. The maximum Gasteiger partial charge on any atom is 0.300 e. The summed E-state index contributed by atoms with van der Waals surface area (Å²) in [4.78, 5) is 32.1. The maximum absolute atomic E-state index is 13.6. The van der Waals surface area contributed by atoms with Crippen LogP contribution < -0.4 is 9.64 Å². The third kappa shape index (κ3) is 4.08. The van der Waals surface area contributed by atoms with Gasteiger partial charge in [0.25, 0.3) is 11.7 Å². The van der Waals surface area contributed by atoms with Gasteiger partial charge in [-0.3, -0.25) is 14.5 Å². The smallest absolute Gasteiger partial charge is 0.300 e. The normalized spacial score (nSPS) is 17.1. The van der Waals surface area contributed by atoms with Gasteiger partial charge in [0.05, 0.1) is 18.2 Å². The van der Waals surface area contributed by atoms with Crippen LogP contribution in [0.3, 0.4) is 0 Å². The number of fused-ring (bicyclic) bond motifs is 1. The van der Waals surface area contributed by atoms with Crippen LogP contribution in [0.5, 0.6) is 5.75 Å². The molecule has 5 rings (SSSR count). The number of para-hydroxylation sites is 1. The van der Waals surface area contributed by atoms with E-state index in [0.29, 0.717) is 23.6 Å². The number of Topliss-reactive ketones (excluding diaryl/α,β-unsaturated/α-hetero) is 1. The second kappa shape index (κ2) is 9.62. The highest BCUT2D eigenvalue weighted by Gasteiger charge is 2.48. The number of aromatic amines is 1. The van der Waals surface area contributed by atoms with E-state index in [9.17, 15) is 14.7 Å². The van der Waals surface area contributed by atoms with E-state index in [4.69, 9.17) is 4.74 Å².